The number of hydrogen-bond donors (Lipinski definition) is 0. The van der Waals surface area contributed by atoms with E-state index < -0.39 is 0 Å². The molecular weight excluding hydrogens is 104 g/mol. The Morgan fingerprint density at radius 1 is 1.62 bits per heavy atom. The molecule has 0 atom stereocenters. The Bertz CT molecular complexity index is 224. The molecule has 1 aromatic heterocycles. The van der Waals surface area contributed by atoms with Crippen LogP contribution in [0.5, 0.6) is 0 Å². The molecule has 2 nitrogen and oxygen atoms in total. The van der Waals surface area contributed by atoms with E-state index in [1.165, 1.54) is 18.4 Å². The lowest BCUT2D eigenvalue weighted by Crippen LogP contribution is -1.93. The molecule has 1 rings (SSSR count). The van der Waals surface area contributed by atoms with Crippen molar-refractivity contribution in [3.8, 4) is 0 Å². The van der Waals surface area contributed by atoms with Gasteiger partial charge >= 0.3 is 0 Å². The van der Waals surface area contributed by atoms with Gasteiger partial charge in [0.05, 0.1) is 6.26 Å². The molecule has 0 fully saturated rings. The van der Waals surface area contributed by atoms with E-state index in [1.807, 2.05) is 0 Å². The van der Waals surface area contributed by atoms with Gasteiger partial charge in [-0.15, -0.1) is 0 Å². The highest BCUT2D eigenvalue weighted by atomic mass is 16.3. The fourth-order valence-corrected chi connectivity index (χ4v) is 0.491. The van der Waals surface area contributed by atoms with Gasteiger partial charge in [-0.3, -0.25) is 4.79 Å². The molecule has 8 heavy (non-hydrogen) atoms. The predicted molar refractivity (Wildman–Crippen MR) is 29.7 cm³/mol. The Morgan fingerprint density at radius 3 is 2.75 bits per heavy atom. The second kappa shape index (κ2) is 1.82. The van der Waals surface area contributed by atoms with Gasteiger partial charge in [0.25, 0.3) is 0 Å². The SMILES string of the molecule is Cc1cc(=O)cco1. The van der Waals surface area contributed by atoms with E-state index in [2.05, 4.69) is 0 Å². The van der Waals surface area contributed by atoms with Gasteiger partial charge in [0, 0.05) is 12.1 Å². The van der Waals surface area contributed by atoms with E-state index in [0.29, 0.717) is 5.76 Å². The Balaban J connectivity index is 3.28. The molecule has 42 valence electrons. The van der Waals surface area contributed by atoms with Crippen LogP contribution < -0.4 is 5.43 Å². The zero-order chi connectivity index (χ0) is 5.98. The molecule has 0 saturated heterocycles. The molecule has 1 heterocycles. The minimum atomic E-state index is -0.00579. The standard InChI is InChI=1S/C6H6O2/c1-5-4-6(7)2-3-8-5/h2-4H,1H3. The largest absolute Gasteiger partial charge is 0.469 e. The number of rotatable bonds is 0. The van der Waals surface area contributed by atoms with Crippen LogP contribution in [0.3, 0.4) is 0 Å². The summed E-state index contributed by atoms with van der Waals surface area (Å²) in [6, 6.07) is 2.83. The quantitative estimate of drug-likeness (QED) is 0.497. The lowest BCUT2D eigenvalue weighted by molar-refractivity contribution is 0.515. The Kier molecular flexibility index (Phi) is 1.16. The summed E-state index contributed by atoms with van der Waals surface area (Å²) in [5, 5.41) is 0. The zero-order valence-electron chi connectivity index (χ0n) is 4.55. The molecule has 0 bridgehead atoms. The zero-order valence-corrected chi connectivity index (χ0v) is 4.55. The van der Waals surface area contributed by atoms with Crippen molar-refractivity contribution in [3.63, 3.8) is 0 Å². The van der Waals surface area contributed by atoms with Crippen LogP contribution in [0.25, 0.3) is 0 Å². The number of hydrogen-bond acceptors (Lipinski definition) is 2. The molecule has 1 aromatic rings. The van der Waals surface area contributed by atoms with Crippen LogP contribution in [0.2, 0.25) is 0 Å². The van der Waals surface area contributed by atoms with Gasteiger partial charge in [-0.05, 0) is 6.92 Å². The number of aryl methyl sites for hydroxylation is 1. The van der Waals surface area contributed by atoms with Gasteiger partial charge in [0.1, 0.15) is 5.76 Å². The fourth-order valence-electron chi connectivity index (χ4n) is 0.491. The Labute approximate surface area is 46.8 Å². The topological polar surface area (TPSA) is 30.2 Å². The van der Waals surface area contributed by atoms with Crippen molar-refractivity contribution >= 4 is 0 Å². The summed E-state index contributed by atoms with van der Waals surface area (Å²) in [5.41, 5.74) is -0.00579. The Hall–Kier alpha value is -1.05. The van der Waals surface area contributed by atoms with E-state index in [9.17, 15) is 4.79 Å². The smallest absolute Gasteiger partial charge is 0.185 e. The molecule has 0 spiro atoms. The summed E-state index contributed by atoms with van der Waals surface area (Å²) in [4.78, 5) is 10.4. The van der Waals surface area contributed by atoms with Crippen molar-refractivity contribution in [2.75, 3.05) is 0 Å². The van der Waals surface area contributed by atoms with Crippen molar-refractivity contribution in [1.82, 2.24) is 0 Å². The first-order chi connectivity index (χ1) is 3.79. The molecule has 0 amide bonds. The minimum Gasteiger partial charge on any atom is -0.469 e. The van der Waals surface area contributed by atoms with E-state index in [1.54, 1.807) is 6.92 Å². The summed E-state index contributed by atoms with van der Waals surface area (Å²) < 4.78 is 4.81. The third-order valence-electron chi connectivity index (χ3n) is 0.832. The second-order valence-corrected chi connectivity index (χ2v) is 1.58. The van der Waals surface area contributed by atoms with Gasteiger partial charge in [-0.2, -0.15) is 0 Å². The first kappa shape index (κ1) is 5.09. The van der Waals surface area contributed by atoms with Crippen LogP contribution in [-0.2, 0) is 0 Å². The first-order valence-corrected chi connectivity index (χ1v) is 2.34. The van der Waals surface area contributed by atoms with Crippen molar-refractivity contribution in [2.45, 2.75) is 6.92 Å². The van der Waals surface area contributed by atoms with Crippen molar-refractivity contribution in [3.05, 3.63) is 34.4 Å². The molecule has 0 unspecified atom stereocenters. The molecule has 0 N–H and O–H groups in total. The minimum absolute atomic E-state index is 0.00579. The molecule has 0 radical (unpaired) electrons. The summed E-state index contributed by atoms with van der Waals surface area (Å²) in [5.74, 6) is 0.650. The van der Waals surface area contributed by atoms with E-state index in [4.69, 9.17) is 4.42 Å². The molecule has 0 aliphatic rings. The van der Waals surface area contributed by atoms with Crippen LogP contribution in [0.15, 0.2) is 27.6 Å². The Morgan fingerprint density at radius 2 is 2.38 bits per heavy atom. The third kappa shape index (κ3) is 0.964. The molecule has 0 aliphatic carbocycles. The van der Waals surface area contributed by atoms with E-state index >= 15 is 0 Å². The molecule has 0 aliphatic heterocycles. The molecule has 2 heteroatoms. The van der Waals surface area contributed by atoms with E-state index in [-0.39, 0.29) is 5.43 Å². The highest BCUT2D eigenvalue weighted by molar-refractivity contribution is 4.96. The van der Waals surface area contributed by atoms with Gasteiger partial charge in [-0.1, -0.05) is 0 Å². The highest BCUT2D eigenvalue weighted by Gasteiger charge is 1.82. The monoisotopic (exact) mass is 110 g/mol. The maximum Gasteiger partial charge on any atom is 0.185 e. The average molecular weight is 110 g/mol. The molecule has 0 aromatic carbocycles. The lowest BCUT2D eigenvalue weighted by Gasteiger charge is -1.83. The highest BCUT2D eigenvalue weighted by Crippen LogP contribution is 1.87. The van der Waals surface area contributed by atoms with Crippen molar-refractivity contribution in [1.29, 1.82) is 0 Å². The summed E-state index contributed by atoms with van der Waals surface area (Å²) in [7, 11) is 0. The summed E-state index contributed by atoms with van der Waals surface area (Å²) in [6.45, 7) is 1.74. The van der Waals surface area contributed by atoms with Crippen LogP contribution >= 0.6 is 0 Å². The summed E-state index contributed by atoms with van der Waals surface area (Å²) in [6.07, 6.45) is 1.39. The first-order valence-electron chi connectivity index (χ1n) is 2.34. The lowest BCUT2D eigenvalue weighted by atomic mass is 10.4. The van der Waals surface area contributed by atoms with Crippen LogP contribution in [0, 0.1) is 6.92 Å². The van der Waals surface area contributed by atoms with Gasteiger partial charge in [0.15, 0.2) is 5.43 Å². The van der Waals surface area contributed by atoms with Gasteiger partial charge in [0.2, 0.25) is 0 Å². The van der Waals surface area contributed by atoms with Crippen molar-refractivity contribution < 1.29 is 4.42 Å². The molecule has 0 saturated carbocycles. The maximum absolute atomic E-state index is 10.4. The van der Waals surface area contributed by atoms with Crippen LogP contribution in [-0.4, -0.2) is 0 Å². The third-order valence-corrected chi connectivity index (χ3v) is 0.832. The predicted octanol–water partition coefficient (Wildman–Crippen LogP) is 0.948. The van der Waals surface area contributed by atoms with Crippen LogP contribution in [0.4, 0.5) is 0 Å². The second-order valence-electron chi connectivity index (χ2n) is 1.58. The van der Waals surface area contributed by atoms with Gasteiger partial charge in [-0.25, -0.2) is 0 Å². The van der Waals surface area contributed by atoms with Crippen molar-refractivity contribution in [2.24, 2.45) is 0 Å². The maximum atomic E-state index is 10.4. The van der Waals surface area contributed by atoms with Gasteiger partial charge < -0.3 is 4.42 Å². The molecular formula is C6H6O2. The summed E-state index contributed by atoms with van der Waals surface area (Å²) >= 11 is 0. The van der Waals surface area contributed by atoms with Crippen LogP contribution in [0.1, 0.15) is 5.76 Å². The fraction of sp³-hybridized carbons (Fsp3) is 0.167. The van der Waals surface area contributed by atoms with E-state index in [0.717, 1.165) is 0 Å². The normalized spacial score (nSPS) is 9.12. The average Bonchev–Trinajstić information content (AvgIpc) is 1.64.